The van der Waals surface area contributed by atoms with Crippen LogP contribution in [0.1, 0.15) is 23.2 Å². The lowest BCUT2D eigenvalue weighted by Gasteiger charge is -2.06. The summed E-state index contributed by atoms with van der Waals surface area (Å²) in [6.07, 6.45) is -0.114. The van der Waals surface area contributed by atoms with Gasteiger partial charge in [-0.15, -0.1) is 0 Å². The van der Waals surface area contributed by atoms with Crippen molar-refractivity contribution in [1.82, 2.24) is 5.32 Å². The summed E-state index contributed by atoms with van der Waals surface area (Å²) in [7, 11) is 1.36. The summed E-state index contributed by atoms with van der Waals surface area (Å²) in [5.74, 6) is -2.69. The van der Waals surface area contributed by atoms with E-state index in [4.69, 9.17) is 5.26 Å². The predicted octanol–water partition coefficient (Wildman–Crippen LogP) is 1.10. The summed E-state index contributed by atoms with van der Waals surface area (Å²) in [6.45, 7) is 0. The van der Waals surface area contributed by atoms with Gasteiger partial charge in [0.1, 0.15) is 0 Å². The van der Waals surface area contributed by atoms with E-state index in [0.29, 0.717) is 5.56 Å². The van der Waals surface area contributed by atoms with Crippen LogP contribution in [-0.2, 0) is 9.59 Å². The highest BCUT2D eigenvalue weighted by Crippen LogP contribution is 2.09. The zero-order valence-electron chi connectivity index (χ0n) is 10.6. The molecule has 98 valence electrons. The Kier molecular flexibility index (Phi) is 5.42. The third kappa shape index (κ3) is 4.03. The molecule has 0 fully saturated rings. The molecular formula is C14H14N2O3. The molecule has 0 unspecified atom stereocenters. The molecule has 0 aliphatic carbocycles. The quantitative estimate of drug-likeness (QED) is 0.611. The van der Waals surface area contributed by atoms with Crippen molar-refractivity contribution < 1.29 is 14.4 Å². The van der Waals surface area contributed by atoms with Crippen LogP contribution in [0.3, 0.4) is 0 Å². The second-order valence-corrected chi connectivity index (χ2v) is 3.93. The molecule has 0 aliphatic rings. The summed E-state index contributed by atoms with van der Waals surface area (Å²) < 4.78 is 0. The van der Waals surface area contributed by atoms with Crippen LogP contribution < -0.4 is 5.32 Å². The van der Waals surface area contributed by atoms with Crippen molar-refractivity contribution in [3.63, 3.8) is 0 Å². The number of nitriles is 1. The maximum Gasteiger partial charge on any atom is 0.244 e. The fraction of sp³-hybridized carbons (Fsp3) is 0.286. The molecule has 0 aliphatic heterocycles. The highest BCUT2D eigenvalue weighted by Gasteiger charge is 2.25. The van der Waals surface area contributed by atoms with Gasteiger partial charge in [0.05, 0.1) is 6.07 Å². The minimum atomic E-state index is -1.34. The number of carbonyl (C=O) groups is 3. The number of ketones is 2. The molecule has 0 aromatic heterocycles. The van der Waals surface area contributed by atoms with Crippen LogP contribution >= 0.6 is 0 Å². The van der Waals surface area contributed by atoms with E-state index in [9.17, 15) is 14.4 Å². The predicted molar refractivity (Wildman–Crippen MR) is 68.2 cm³/mol. The molecule has 1 rings (SSSR count). The van der Waals surface area contributed by atoms with Crippen LogP contribution in [0.5, 0.6) is 0 Å². The molecule has 1 atom stereocenters. The number of hydrogen-bond acceptors (Lipinski definition) is 4. The van der Waals surface area contributed by atoms with Crippen molar-refractivity contribution in [2.24, 2.45) is 5.92 Å². The Morgan fingerprint density at radius 1 is 1.21 bits per heavy atom. The molecule has 5 nitrogen and oxygen atoms in total. The van der Waals surface area contributed by atoms with Crippen molar-refractivity contribution in [1.29, 1.82) is 5.26 Å². The lowest BCUT2D eigenvalue weighted by molar-refractivity contribution is -0.131. The molecule has 0 heterocycles. The third-order valence-electron chi connectivity index (χ3n) is 2.65. The Morgan fingerprint density at radius 2 is 1.84 bits per heavy atom. The molecule has 19 heavy (non-hydrogen) atoms. The molecule has 1 aromatic carbocycles. The SMILES string of the molecule is CNC(=O)[C@@H](C#N)C(=O)CCC(=O)c1ccccc1. The molecular weight excluding hydrogens is 244 g/mol. The Morgan fingerprint density at radius 3 is 2.37 bits per heavy atom. The Hall–Kier alpha value is -2.48. The van der Waals surface area contributed by atoms with Gasteiger partial charge >= 0.3 is 0 Å². The zero-order valence-corrected chi connectivity index (χ0v) is 10.6. The first-order chi connectivity index (χ1) is 9.10. The molecule has 0 saturated heterocycles. The van der Waals surface area contributed by atoms with E-state index in [1.54, 1.807) is 36.4 Å². The summed E-state index contributed by atoms with van der Waals surface area (Å²) in [5, 5.41) is 11.0. The van der Waals surface area contributed by atoms with Gasteiger partial charge in [0.2, 0.25) is 5.91 Å². The smallest absolute Gasteiger partial charge is 0.244 e. The molecule has 5 heteroatoms. The number of benzene rings is 1. The average molecular weight is 258 g/mol. The lowest BCUT2D eigenvalue weighted by atomic mass is 9.98. The van der Waals surface area contributed by atoms with Crippen molar-refractivity contribution in [2.75, 3.05) is 7.05 Å². The number of hydrogen-bond donors (Lipinski definition) is 1. The van der Waals surface area contributed by atoms with E-state index in [-0.39, 0.29) is 18.6 Å². The van der Waals surface area contributed by atoms with Gasteiger partial charge < -0.3 is 5.32 Å². The van der Waals surface area contributed by atoms with Gasteiger partial charge in [-0.05, 0) is 0 Å². The van der Waals surface area contributed by atoms with E-state index in [2.05, 4.69) is 5.32 Å². The van der Waals surface area contributed by atoms with Crippen LogP contribution in [0.2, 0.25) is 0 Å². The van der Waals surface area contributed by atoms with E-state index in [0.717, 1.165) is 0 Å². The highest BCUT2D eigenvalue weighted by molar-refractivity contribution is 6.06. The number of carbonyl (C=O) groups excluding carboxylic acids is 3. The van der Waals surface area contributed by atoms with Gasteiger partial charge in [-0.1, -0.05) is 30.3 Å². The standard InChI is InChI=1S/C14H14N2O3/c1-16-14(19)11(9-15)13(18)8-7-12(17)10-5-3-2-4-6-10/h2-6,11H,7-8H2,1H3,(H,16,19)/t11-/m0/s1. The van der Waals surface area contributed by atoms with Crippen molar-refractivity contribution in [3.05, 3.63) is 35.9 Å². The summed E-state index contributed by atoms with van der Waals surface area (Å²) >= 11 is 0. The molecule has 1 aromatic rings. The second-order valence-electron chi connectivity index (χ2n) is 3.93. The fourth-order valence-electron chi connectivity index (χ4n) is 1.57. The molecule has 1 amide bonds. The molecule has 0 bridgehead atoms. The Balaban J connectivity index is 2.58. The fourth-order valence-corrected chi connectivity index (χ4v) is 1.57. The van der Waals surface area contributed by atoms with Crippen LogP contribution in [0, 0.1) is 17.2 Å². The van der Waals surface area contributed by atoms with Gasteiger partial charge in [0, 0.05) is 25.5 Å². The van der Waals surface area contributed by atoms with Crippen LogP contribution in [0.15, 0.2) is 30.3 Å². The second kappa shape index (κ2) is 7.07. The van der Waals surface area contributed by atoms with Gasteiger partial charge in [0.25, 0.3) is 0 Å². The van der Waals surface area contributed by atoms with Crippen LogP contribution in [-0.4, -0.2) is 24.5 Å². The van der Waals surface area contributed by atoms with E-state index < -0.39 is 17.6 Å². The van der Waals surface area contributed by atoms with Gasteiger partial charge in [0.15, 0.2) is 17.5 Å². The number of rotatable bonds is 6. The van der Waals surface area contributed by atoms with Gasteiger partial charge in [-0.2, -0.15) is 5.26 Å². The summed E-state index contributed by atoms with van der Waals surface area (Å²) in [4.78, 5) is 34.7. The van der Waals surface area contributed by atoms with E-state index in [1.165, 1.54) is 7.05 Å². The minimum Gasteiger partial charge on any atom is -0.358 e. The number of Topliss-reactive ketones (excluding diaryl/α,β-unsaturated/α-hetero) is 2. The zero-order chi connectivity index (χ0) is 14.3. The van der Waals surface area contributed by atoms with Gasteiger partial charge in [-0.3, -0.25) is 14.4 Å². The summed E-state index contributed by atoms with van der Waals surface area (Å²) in [5.41, 5.74) is 0.517. The van der Waals surface area contributed by atoms with Crippen molar-refractivity contribution in [3.8, 4) is 6.07 Å². The van der Waals surface area contributed by atoms with Gasteiger partial charge in [-0.25, -0.2) is 0 Å². The topological polar surface area (TPSA) is 87.0 Å². The molecule has 1 N–H and O–H groups in total. The molecule has 0 spiro atoms. The Bertz CT molecular complexity index is 517. The van der Waals surface area contributed by atoms with E-state index >= 15 is 0 Å². The lowest BCUT2D eigenvalue weighted by Crippen LogP contribution is -2.32. The Labute approximate surface area is 111 Å². The monoisotopic (exact) mass is 258 g/mol. The van der Waals surface area contributed by atoms with Crippen molar-refractivity contribution in [2.45, 2.75) is 12.8 Å². The maximum absolute atomic E-state index is 11.8. The van der Waals surface area contributed by atoms with Crippen LogP contribution in [0.4, 0.5) is 0 Å². The number of nitrogens with zero attached hydrogens (tertiary/aromatic N) is 1. The molecule has 0 saturated carbocycles. The molecule has 0 radical (unpaired) electrons. The first-order valence-corrected chi connectivity index (χ1v) is 5.82. The highest BCUT2D eigenvalue weighted by atomic mass is 16.2. The number of nitrogens with one attached hydrogen (secondary N) is 1. The maximum atomic E-state index is 11.8. The minimum absolute atomic E-state index is 0.00196. The first kappa shape index (κ1) is 14.6. The average Bonchev–Trinajstić information content (AvgIpc) is 2.46. The summed E-state index contributed by atoms with van der Waals surface area (Å²) in [6, 6.07) is 10.2. The first-order valence-electron chi connectivity index (χ1n) is 5.82. The normalized spacial score (nSPS) is 11.2. The largest absolute Gasteiger partial charge is 0.358 e. The van der Waals surface area contributed by atoms with Crippen LogP contribution in [0.25, 0.3) is 0 Å². The van der Waals surface area contributed by atoms with E-state index in [1.807, 2.05) is 0 Å². The van der Waals surface area contributed by atoms with Crippen molar-refractivity contribution >= 4 is 17.5 Å². The number of amides is 1. The third-order valence-corrected chi connectivity index (χ3v) is 2.65.